The number of carbonyl (C=O) groups excluding carboxylic acids is 2. The van der Waals surface area contributed by atoms with Crippen molar-refractivity contribution in [3.63, 3.8) is 0 Å². The molecule has 0 aliphatic rings. The van der Waals surface area contributed by atoms with E-state index in [2.05, 4.69) is 10.6 Å². The Hall–Kier alpha value is -4.91. The topological polar surface area (TPSA) is 105 Å². The second-order valence-electron chi connectivity index (χ2n) is 9.11. The zero-order chi connectivity index (χ0) is 27.5. The molecular formula is C32H30N2O5. The van der Waals surface area contributed by atoms with E-state index in [1.165, 1.54) is 0 Å². The normalized spacial score (nSPS) is 12.1. The third-order valence-corrected chi connectivity index (χ3v) is 6.22. The average molecular weight is 523 g/mol. The van der Waals surface area contributed by atoms with Crippen molar-refractivity contribution < 1.29 is 24.2 Å². The van der Waals surface area contributed by atoms with Crippen LogP contribution in [0.3, 0.4) is 0 Å². The third-order valence-electron chi connectivity index (χ3n) is 6.22. The molecule has 2 atom stereocenters. The molecule has 7 nitrogen and oxygen atoms in total. The lowest BCUT2D eigenvalue weighted by Gasteiger charge is -2.22. The fraction of sp³-hybridized carbons (Fsp3) is 0.156. The summed E-state index contributed by atoms with van der Waals surface area (Å²) in [5.41, 5.74) is 4.44. The quantitative estimate of drug-likeness (QED) is 0.257. The number of ether oxygens (including phenoxy) is 1. The van der Waals surface area contributed by atoms with Gasteiger partial charge in [-0.3, -0.25) is 4.79 Å². The van der Waals surface area contributed by atoms with Gasteiger partial charge in [-0.15, -0.1) is 0 Å². The maximum absolute atomic E-state index is 13.3. The summed E-state index contributed by atoms with van der Waals surface area (Å²) in [7, 11) is 0. The smallest absolute Gasteiger partial charge is 0.408 e. The Bertz CT molecular complexity index is 1360. The van der Waals surface area contributed by atoms with Crippen molar-refractivity contribution in [2.75, 3.05) is 0 Å². The van der Waals surface area contributed by atoms with Gasteiger partial charge in [-0.25, -0.2) is 9.59 Å². The first-order chi connectivity index (χ1) is 19.0. The fourth-order valence-electron chi connectivity index (χ4n) is 4.14. The average Bonchev–Trinajstić information content (AvgIpc) is 2.97. The van der Waals surface area contributed by atoms with Gasteiger partial charge in [0.2, 0.25) is 5.91 Å². The van der Waals surface area contributed by atoms with Crippen LogP contribution < -0.4 is 10.6 Å². The van der Waals surface area contributed by atoms with Crippen LogP contribution in [0.5, 0.6) is 0 Å². The van der Waals surface area contributed by atoms with Crippen molar-refractivity contribution >= 4 is 18.0 Å². The first-order valence-electron chi connectivity index (χ1n) is 12.7. The molecule has 39 heavy (non-hydrogen) atoms. The predicted octanol–water partition coefficient (Wildman–Crippen LogP) is 5.00. The first kappa shape index (κ1) is 27.1. The number of hydrogen-bond acceptors (Lipinski definition) is 4. The molecule has 2 amide bonds. The van der Waals surface area contributed by atoms with Gasteiger partial charge in [-0.1, -0.05) is 115 Å². The summed E-state index contributed by atoms with van der Waals surface area (Å²) in [4.78, 5) is 37.9. The molecular weight excluding hydrogens is 492 g/mol. The minimum atomic E-state index is -1.18. The Labute approximate surface area is 227 Å². The molecule has 0 saturated carbocycles. The predicted molar refractivity (Wildman–Crippen MR) is 149 cm³/mol. The summed E-state index contributed by atoms with van der Waals surface area (Å²) < 4.78 is 5.30. The number of benzene rings is 4. The van der Waals surface area contributed by atoms with Gasteiger partial charge in [0.15, 0.2) is 0 Å². The molecule has 0 aromatic heterocycles. The summed E-state index contributed by atoms with van der Waals surface area (Å²) in [5.74, 6) is -1.77. The van der Waals surface area contributed by atoms with Crippen LogP contribution in [0.25, 0.3) is 11.1 Å². The highest BCUT2D eigenvalue weighted by molar-refractivity contribution is 5.89. The van der Waals surface area contributed by atoms with Crippen LogP contribution in [0, 0.1) is 0 Å². The highest BCUT2D eigenvalue weighted by atomic mass is 16.5. The highest BCUT2D eigenvalue weighted by Crippen LogP contribution is 2.20. The highest BCUT2D eigenvalue weighted by Gasteiger charge is 2.27. The molecule has 0 unspecified atom stereocenters. The van der Waals surface area contributed by atoms with Crippen molar-refractivity contribution in [1.82, 2.24) is 10.6 Å². The Morgan fingerprint density at radius 2 is 1.08 bits per heavy atom. The Kier molecular flexibility index (Phi) is 9.45. The Morgan fingerprint density at radius 1 is 0.590 bits per heavy atom. The van der Waals surface area contributed by atoms with E-state index in [9.17, 15) is 19.5 Å². The summed E-state index contributed by atoms with van der Waals surface area (Å²) in [6.07, 6.45) is -0.504. The van der Waals surface area contributed by atoms with Crippen molar-refractivity contribution in [3.8, 4) is 11.1 Å². The number of aliphatic carboxylic acids is 1. The maximum atomic E-state index is 13.3. The van der Waals surface area contributed by atoms with Crippen LogP contribution in [0.2, 0.25) is 0 Å². The molecule has 0 fully saturated rings. The van der Waals surface area contributed by atoms with E-state index in [-0.39, 0.29) is 19.4 Å². The Morgan fingerprint density at radius 3 is 1.67 bits per heavy atom. The second kappa shape index (κ2) is 13.6. The summed E-state index contributed by atoms with van der Waals surface area (Å²) in [6, 6.07) is 33.6. The van der Waals surface area contributed by atoms with E-state index in [1.54, 1.807) is 0 Å². The maximum Gasteiger partial charge on any atom is 0.408 e. The van der Waals surface area contributed by atoms with E-state index in [1.807, 2.05) is 115 Å². The second-order valence-corrected chi connectivity index (χ2v) is 9.11. The Balaban J connectivity index is 1.42. The number of carboxylic acids is 1. The molecule has 0 saturated heterocycles. The molecule has 4 aromatic rings. The van der Waals surface area contributed by atoms with Gasteiger partial charge in [-0.05, 0) is 27.8 Å². The van der Waals surface area contributed by atoms with E-state index < -0.39 is 30.1 Å². The van der Waals surface area contributed by atoms with Gasteiger partial charge in [0.05, 0.1) is 0 Å². The van der Waals surface area contributed by atoms with Gasteiger partial charge >= 0.3 is 12.1 Å². The first-order valence-corrected chi connectivity index (χ1v) is 12.7. The van der Waals surface area contributed by atoms with E-state index in [4.69, 9.17) is 4.74 Å². The van der Waals surface area contributed by atoms with Crippen LogP contribution >= 0.6 is 0 Å². The zero-order valence-electron chi connectivity index (χ0n) is 21.3. The molecule has 0 heterocycles. The number of nitrogens with one attached hydrogen (secondary N) is 2. The minimum Gasteiger partial charge on any atom is -0.480 e. The lowest BCUT2D eigenvalue weighted by Crippen LogP contribution is -2.53. The standard InChI is InChI=1S/C32H30N2O5/c35-30(33-29(31(36)37)21-24-16-18-27(19-17-24)26-14-8-3-9-15-26)28(20-23-10-4-1-5-11-23)34-32(38)39-22-25-12-6-2-7-13-25/h1-19,28-29H,20-22H2,(H,33,35)(H,34,38)(H,36,37)/t28-,29+/m0/s1. The van der Waals surface area contributed by atoms with Crippen molar-refractivity contribution in [1.29, 1.82) is 0 Å². The summed E-state index contributed by atoms with van der Waals surface area (Å²) in [5, 5.41) is 15.1. The van der Waals surface area contributed by atoms with Crippen LogP contribution in [0.4, 0.5) is 4.79 Å². The van der Waals surface area contributed by atoms with Gasteiger partial charge in [0.1, 0.15) is 18.7 Å². The number of amides is 2. The van der Waals surface area contributed by atoms with E-state index >= 15 is 0 Å². The minimum absolute atomic E-state index is 0.0447. The molecule has 0 aliphatic carbocycles. The molecule has 3 N–H and O–H groups in total. The summed E-state index contributed by atoms with van der Waals surface area (Å²) >= 11 is 0. The number of rotatable bonds is 11. The lowest BCUT2D eigenvalue weighted by atomic mass is 10.00. The van der Waals surface area contributed by atoms with Gasteiger partial charge in [0, 0.05) is 12.8 Å². The van der Waals surface area contributed by atoms with E-state index in [0.29, 0.717) is 0 Å². The van der Waals surface area contributed by atoms with Gasteiger partial charge in [-0.2, -0.15) is 0 Å². The molecule has 4 aromatic carbocycles. The van der Waals surface area contributed by atoms with E-state index in [0.717, 1.165) is 27.8 Å². The monoisotopic (exact) mass is 522 g/mol. The third kappa shape index (κ3) is 8.30. The van der Waals surface area contributed by atoms with Crippen LogP contribution in [0.1, 0.15) is 16.7 Å². The van der Waals surface area contributed by atoms with Crippen molar-refractivity contribution in [2.24, 2.45) is 0 Å². The van der Waals surface area contributed by atoms with Gasteiger partial charge < -0.3 is 20.5 Å². The largest absolute Gasteiger partial charge is 0.480 e. The molecule has 7 heteroatoms. The molecule has 0 bridgehead atoms. The van der Waals surface area contributed by atoms with Crippen molar-refractivity contribution in [2.45, 2.75) is 31.5 Å². The molecule has 4 rings (SSSR count). The number of carboxylic acid groups (broad SMARTS) is 1. The molecule has 0 spiro atoms. The van der Waals surface area contributed by atoms with Crippen LogP contribution in [-0.4, -0.2) is 35.2 Å². The number of hydrogen-bond donors (Lipinski definition) is 3. The zero-order valence-corrected chi connectivity index (χ0v) is 21.3. The van der Waals surface area contributed by atoms with Crippen LogP contribution in [0.15, 0.2) is 115 Å². The van der Waals surface area contributed by atoms with Crippen molar-refractivity contribution in [3.05, 3.63) is 132 Å². The molecule has 0 radical (unpaired) electrons. The fourth-order valence-corrected chi connectivity index (χ4v) is 4.14. The SMILES string of the molecule is O=C(N[C@@H](Cc1ccccc1)C(=O)N[C@H](Cc1ccc(-c2ccccc2)cc1)C(=O)O)OCc1ccccc1. The number of carbonyl (C=O) groups is 3. The number of alkyl carbamates (subject to hydrolysis) is 1. The van der Waals surface area contributed by atoms with Gasteiger partial charge in [0.25, 0.3) is 0 Å². The molecule has 198 valence electrons. The molecule has 0 aliphatic heterocycles. The lowest BCUT2D eigenvalue weighted by molar-refractivity contribution is -0.142. The van der Waals surface area contributed by atoms with Crippen LogP contribution in [-0.2, 0) is 33.8 Å². The summed E-state index contributed by atoms with van der Waals surface area (Å²) in [6.45, 7) is 0.0447.